The molecule has 0 fully saturated rings. The maximum Gasteiger partial charge on any atom is 0.416 e. The van der Waals surface area contributed by atoms with E-state index in [2.05, 4.69) is 15.3 Å². The fraction of sp³-hybridized carbons (Fsp3) is 0.333. The number of aliphatic hydroxyl groups excluding tert-OH is 1. The van der Waals surface area contributed by atoms with E-state index >= 15 is 0 Å². The monoisotopic (exact) mass is 278 g/mol. The van der Waals surface area contributed by atoms with Gasteiger partial charge in [0.2, 0.25) is 5.95 Å². The zero-order chi connectivity index (χ0) is 13.3. The van der Waals surface area contributed by atoms with Crippen LogP contribution in [0.15, 0.2) is 11.4 Å². The van der Waals surface area contributed by atoms with Gasteiger partial charge in [-0.15, -0.1) is 11.3 Å². The van der Waals surface area contributed by atoms with Crippen LogP contribution in [0.25, 0.3) is 10.2 Å². The molecule has 0 bridgehead atoms. The molecule has 18 heavy (non-hydrogen) atoms. The lowest BCUT2D eigenvalue weighted by molar-refractivity contribution is -0.198. The SMILES string of the molecule is Nc1nc(NCC(O)C(F)(F)F)c2ccsc2n1. The van der Waals surface area contributed by atoms with Crippen molar-refractivity contribution in [2.75, 3.05) is 17.6 Å². The summed E-state index contributed by atoms with van der Waals surface area (Å²) in [6.45, 7) is -0.690. The first-order valence-corrected chi connectivity index (χ1v) is 5.75. The van der Waals surface area contributed by atoms with Gasteiger partial charge in [-0.3, -0.25) is 0 Å². The van der Waals surface area contributed by atoms with Crippen molar-refractivity contribution in [3.05, 3.63) is 11.4 Å². The number of nitrogens with one attached hydrogen (secondary N) is 1. The molecule has 2 rings (SSSR count). The predicted octanol–water partition coefficient (Wildman–Crippen LogP) is 1.61. The minimum Gasteiger partial charge on any atom is -0.382 e. The van der Waals surface area contributed by atoms with Crippen molar-refractivity contribution in [2.45, 2.75) is 12.3 Å². The first kappa shape index (κ1) is 12.8. The Morgan fingerprint density at radius 2 is 2.17 bits per heavy atom. The zero-order valence-corrected chi connectivity index (χ0v) is 9.72. The molecule has 9 heteroatoms. The average molecular weight is 278 g/mol. The summed E-state index contributed by atoms with van der Waals surface area (Å²) >= 11 is 1.30. The first-order chi connectivity index (χ1) is 8.38. The molecule has 0 aromatic carbocycles. The fourth-order valence-corrected chi connectivity index (χ4v) is 2.09. The van der Waals surface area contributed by atoms with Crippen molar-refractivity contribution < 1.29 is 18.3 Å². The van der Waals surface area contributed by atoms with Crippen LogP contribution in [0.4, 0.5) is 24.9 Å². The predicted molar refractivity (Wildman–Crippen MR) is 62.4 cm³/mol. The van der Waals surface area contributed by atoms with Crippen LogP contribution in [-0.4, -0.2) is 33.9 Å². The highest BCUT2D eigenvalue weighted by atomic mass is 32.1. The summed E-state index contributed by atoms with van der Waals surface area (Å²) in [5.74, 6) is 0.149. The van der Waals surface area contributed by atoms with E-state index in [9.17, 15) is 13.2 Å². The second-order valence-corrected chi connectivity index (χ2v) is 4.40. The minimum absolute atomic E-state index is 0.0334. The van der Waals surface area contributed by atoms with Gasteiger partial charge in [0.25, 0.3) is 0 Å². The molecule has 0 spiro atoms. The lowest BCUT2D eigenvalue weighted by atomic mass is 10.3. The van der Waals surface area contributed by atoms with E-state index in [4.69, 9.17) is 10.8 Å². The molecule has 0 saturated carbocycles. The summed E-state index contributed by atoms with van der Waals surface area (Å²) < 4.78 is 36.4. The van der Waals surface area contributed by atoms with E-state index in [0.29, 0.717) is 10.2 Å². The molecule has 0 radical (unpaired) electrons. The molecular weight excluding hydrogens is 269 g/mol. The number of aromatic nitrogens is 2. The third kappa shape index (κ3) is 2.62. The van der Waals surface area contributed by atoms with Crippen LogP contribution in [0, 0.1) is 0 Å². The highest BCUT2D eigenvalue weighted by molar-refractivity contribution is 7.16. The second-order valence-electron chi connectivity index (χ2n) is 3.51. The third-order valence-electron chi connectivity index (χ3n) is 2.18. The van der Waals surface area contributed by atoms with E-state index in [0.717, 1.165) is 0 Å². The van der Waals surface area contributed by atoms with Gasteiger partial charge in [0.15, 0.2) is 6.10 Å². The van der Waals surface area contributed by atoms with Gasteiger partial charge in [-0.05, 0) is 11.4 Å². The quantitative estimate of drug-likeness (QED) is 0.794. The molecule has 0 amide bonds. The number of thiophene rings is 1. The Hall–Kier alpha value is -1.61. The topological polar surface area (TPSA) is 84.1 Å². The summed E-state index contributed by atoms with van der Waals surface area (Å²) in [7, 11) is 0. The van der Waals surface area contributed by atoms with E-state index < -0.39 is 18.8 Å². The van der Waals surface area contributed by atoms with Crippen LogP contribution in [0.1, 0.15) is 0 Å². The van der Waals surface area contributed by atoms with Gasteiger partial charge < -0.3 is 16.2 Å². The van der Waals surface area contributed by atoms with Crippen LogP contribution in [0.5, 0.6) is 0 Å². The molecule has 98 valence electrons. The normalized spacial score (nSPS) is 13.8. The van der Waals surface area contributed by atoms with Gasteiger partial charge in [0.05, 0.1) is 11.9 Å². The third-order valence-corrected chi connectivity index (χ3v) is 2.99. The summed E-state index contributed by atoms with van der Waals surface area (Å²) in [5, 5.41) is 13.6. The first-order valence-electron chi connectivity index (χ1n) is 4.87. The van der Waals surface area contributed by atoms with Crippen LogP contribution in [0.2, 0.25) is 0 Å². The minimum atomic E-state index is -4.67. The molecule has 0 aliphatic heterocycles. The Morgan fingerprint density at radius 1 is 1.44 bits per heavy atom. The van der Waals surface area contributed by atoms with Crippen molar-refractivity contribution in [3.63, 3.8) is 0 Å². The zero-order valence-electron chi connectivity index (χ0n) is 8.90. The fourth-order valence-electron chi connectivity index (χ4n) is 1.32. The van der Waals surface area contributed by atoms with Crippen molar-refractivity contribution >= 4 is 33.3 Å². The smallest absolute Gasteiger partial charge is 0.382 e. The molecule has 2 heterocycles. The van der Waals surface area contributed by atoms with Crippen molar-refractivity contribution in [1.82, 2.24) is 9.97 Å². The van der Waals surface area contributed by atoms with Crippen molar-refractivity contribution in [2.24, 2.45) is 0 Å². The van der Waals surface area contributed by atoms with Crippen LogP contribution < -0.4 is 11.1 Å². The molecule has 4 N–H and O–H groups in total. The number of nitrogen functional groups attached to an aromatic ring is 1. The highest BCUT2D eigenvalue weighted by Crippen LogP contribution is 2.26. The van der Waals surface area contributed by atoms with Gasteiger partial charge in [-0.1, -0.05) is 0 Å². The second kappa shape index (κ2) is 4.58. The molecule has 1 unspecified atom stereocenters. The number of hydrogen-bond donors (Lipinski definition) is 3. The van der Waals surface area contributed by atoms with Gasteiger partial charge in [0.1, 0.15) is 10.6 Å². The summed E-state index contributed by atoms with van der Waals surface area (Å²) in [6.07, 6.45) is -7.12. The molecule has 1 atom stereocenters. The Morgan fingerprint density at radius 3 is 2.83 bits per heavy atom. The molecule has 5 nitrogen and oxygen atoms in total. The lowest BCUT2D eigenvalue weighted by Gasteiger charge is -2.15. The van der Waals surface area contributed by atoms with Gasteiger partial charge >= 0.3 is 6.18 Å². The Labute approximate surface area is 103 Å². The number of fused-ring (bicyclic) bond motifs is 1. The number of rotatable bonds is 3. The van der Waals surface area contributed by atoms with Gasteiger partial charge in [-0.25, -0.2) is 4.98 Å². The molecular formula is C9H9F3N4OS. The lowest BCUT2D eigenvalue weighted by Crippen LogP contribution is -2.35. The van der Waals surface area contributed by atoms with Crippen LogP contribution in [-0.2, 0) is 0 Å². The summed E-state index contributed by atoms with van der Waals surface area (Å²) in [6, 6.07) is 1.67. The number of aliphatic hydroxyl groups is 1. The van der Waals surface area contributed by atoms with Gasteiger partial charge in [0, 0.05) is 0 Å². The number of nitrogens with two attached hydrogens (primary N) is 1. The number of hydrogen-bond acceptors (Lipinski definition) is 6. The van der Waals surface area contributed by atoms with Crippen molar-refractivity contribution in [3.8, 4) is 0 Å². The number of halogens is 3. The Bertz CT molecular complexity index is 556. The summed E-state index contributed by atoms with van der Waals surface area (Å²) in [4.78, 5) is 8.32. The molecule has 0 aliphatic rings. The van der Waals surface area contributed by atoms with E-state index in [1.165, 1.54) is 11.3 Å². The van der Waals surface area contributed by atoms with E-state index in [1.54, 1.807) is 11.4 Å². The highest BCUT2D eigenvalue weighted by Gasteiger charge is 2.38. The Balaban J connectivity index is 2.19. The molecule has 2 aromatic heterocycles. The molecule has 2 aromatic rings. The van der Waals surface area contributed by atoms with E-state index in [1.807, 2.05) is 0 Å². The molecule has 0 saturated heterocycles. The average Bonchev–Trinajstić information content (AvgIpc) is 2.71. The number of nitrogens with zero attached hydrogens (tertiary/aromatic N) is 2. The molecule has 0 aliphatic carbocycles. The largest absolute Gasteiger partial charge is 0.416 e. The standard InChI is InChI=1S/C9H9F3N4OS/c10-9(11,12)5(17)3-14-6-4-1-2-18-7(4)16-8(13)15-6/h1-2,5,17H,3H2,(H3,13,14,15,16). The maximum atomic E-state index is 12.1. The van der Waals surface area contributed by atoms with Gasteiger partial charge in [-0.2, -0.15) is 18.2 Å². The maximum absolute atomic E-state index is 12.1. The van der Waals surface area contributed by atoms with Crippen LogP contribution >= 0.6 is 11.3 Å². The number of alkyl halides is 3. The summed E-state index contributed by atoms with van der Waals surface area (Å²) in [5.41, 5.74) is 5.44. The van der Waals surface area contributed by atoms with E-state index in [-0.39, 0.29) is 11.8 Å². The number of anilines is 2. The Kier molecular flexibility index (Phi) is 3.26. The van der Waals surface area contributed by atoms with Crippen molar-refractivity contribution in [1.29, 1.82) is 0 Å². The van der Waals surface area contributed by atoms with Crippen LogP contribution in [0.3, 0.4) is 0 Å².